The molecule has 0 aliphatic carbocycles. The van der Waals surface area contributed by atoms with Gasteiger partial charge in [0.15, 0.2) is 11.5 Å². The third-order valence-corrected chi connectivity index (χ3v) is 4.38. The Bertz CT molecular complexity index is 611. The van der Waals surface area contributed by atoms with Crippen LogP contribution in [0.5, 0.6) is 11.5 Å². The Morgan fingerprint density at radius 1 is 1.43 bits per heavy atom. The van der Waals surface area contributed by atoms with Crippen molar-refractivity contribution in [3.63, 3.8) is 0 Å². The quantitative estimate of drug-likeness (QED) is 0.905. The highest BCUT2D eigenvalue weighted by Crippen LogP contribution is 2.34. The summed E-state index contributed by atoms with van der Waals surface area (Å²) in [5.41, 5.74) is 6.28. The normalized spacial score (nSPS) is 17.9. The summed E-state index contributed by atoms with van der Waals surface area (Å²) in [6, 6.07) is 5.63. The molecular formula is C14H17N3O3S. The van der Waals surface area contributed by atoms with Crippen molar-refractivity contribution in [1.29, 1.82) is 0 Å². The zero-order chi connectivity index (χ0) is 14.7. The number of rotatable bonds is 5. The first-order valence-electron chi connectivity index (χ1n) is 6.75. The highest BCUT2D eigenvalue weighted by atomic mass is 32.2. The predicted octanol–water partition coefficient (Wildman–Crippen LogP) is 2.09. The lowest BCUT2D eigenvalue weighted by molar-refractivity contribution is 0.218. The number of hydrogen-bond acceptors (Lipinski definition) is 7. The van der Waals surface area contributed by atoms with E-state index in [1.807, 2.05) is 30.0 Å². The summed E-state index contributed by atoms with van der Waals surface area (Å²) in [5.74, 6) is 4.49. The average Bonchev–Trinajstić information content (AvgIpc) is 3.18. The Balaban J connectivity index is 1.83. The second-order valence-electron chi connectivity index (χ2n) is 4.68. The van der Waals surface area contributed by atoms with Crippen LogP contribution < -0.4 is 15.2 Å². The van der Waals surface area contributed by atoms with Crippen LogP contribution in [0.1, 0.15) is 12.3 Å². The van der Waals surface area contributed by atoms with Crippen LogP contribution in [-0.2, 0) is 6.54 Å². The predicted molar refractivity (Wildman–Crippen MR) is 80.5 cm³/mol. The van der Waals surface area contributed by atoms with Crippen LogP contribution in [-0.4, -0.2) is 34.9 Å². The molecule has 1 fully saturated rings. The summed E-state index contributed by atoms with van der Waals surface area (Å²) in [6.07, 6.45) is 1.32. The fourth-order valence-corrected chi connectivity index (χ4v) is 3.24. The van der Waals surface area contributed by atoms with Crippen LogP contribution >= 0.6 is 11.8 Å². The fourth-order valence-electron chi connectivity index (χ4n) is 2.14. The second-order valence-corrected chi connectivity index (χ2v) is 5.83. The zero-order valence-electron chi connectivity index (χ0n) is 11.7. The van der Waals surface area contributed by atoms with Crippen molar-refractivity contribution in [2.75, 3.05) is 18.6 Å². The van der Waals surface area contributed by atoms with E-state index in [-0.39, 0.29) is 12.6 Å². The zero-order valence-corrected chi connectivity index (χ0v) is 12.6. The van der Waals surface area contributed by atoms with Gasteiger partial charge >= 0.3 is 0 Å². The molecular weight excluding hydrogens is 290 g/mol. The molecule has 112 valence electrons. The van der Waals surface area contributed by atoms with Crippen molar-refractivity contribution >= 4 is 11.8 Å². The highest BCUT2D eigenvalue weighted by molar-refractivity contribution is 7.99. The summed E-state index contributed by atoms with van der Waals surface area (Å²) in [7, 11) is 1.62. The van der Waals surface area contributed by atoms with E-state index < -0.39 is 0 Å². The summed E-state index contributed by atoms with van der Waals surface area (Å²) >= 11 is 1.91. The van der Waals surface area contributed by atoms with E-state index in [2.05, 4.69) is 10.1 Å². The Kier molecular flexibility index (Phi) is 4.31. The first kappa shape index (κ1) is 14.2. The lowest BCUT2D eigenvalue weighted by Gasteiger charge is -2.15. The molecule has 1 unspecified atom stereocenters. The van der Waals surface area contributed by atoms with E-state index in [4.69, 9.17) is 19.7 Å². The minimum Gasteiger partial charge on any atom is -0.493 e. The van der Waals surface area contributed by atoms with E-state index in [1.54, 1.807) is 7.11 Å². The number of nitrogens with two attached hydrogens (primary N) is 1. The van der Waals surface area contributed by atoms with Gasteiger partial charge in [0, 0.05) is 11.3 Å². The Hall–Kier alpha value is -1.73. The molecule has 2 heterocycles. The van der Waals surface area contributed by atoms with Crippen molar-refractivity contribution in [2.24, 2.45) is 5.73 Å². The number of hydrogen-bond donors (Lipinski definition) is 1. The Morgan fingerprint density at radius 3 is 3.00 bits per heavy atom. The van der Waals surface area contributed by atoms with Crippen LogP contribution in [0.15, 0.2) is 22.7 Å². The van der Waals surface area contributed by atoms with Crippen molar-refractivity contribution in [1.82, 2.24) is 10.1 Å². The van der Waals surface area contributed by atoms with E-state index in [0.717, 1.165) is 29.2 Å². The molecule has 7 heteroatoms. The molecule has 1 aromatic carbocycles. The number of methoxy groups -OCH3 is 1. The van der Waals surface area contributed by atoms with Crippen molar-refractivity contribution in [3.8, 4) is 22.9 Å². The van der Waals surface area contributed by atoms with Gasteiger partial charge in [0.2, 0.25) is 11.7 Å². The molecule has 2 aromatic rings. The largest absolute Gasteiger partial charge is 0.493 e. The lowest BCUT2D eigenvalue weighted by atomic mass is 10.2. The van der Waals surface area contributed by atoms with Crippen molar-refractivity contribution in [3.05, 3.63) is 24.1 Å². The van der Waals surface area contributed by atoms with Crippen LogP contribution in [0.2, 0.25) is 0 Å². The molecule has 1 saturated heterocycles. The summed E-state index contributed by atoms with van der Waals surface area (Å²) in [6.45, 7) is 0.227. The van der Waals surface area contributed by atoms with Gasteiger partial charge in [-0.3, -0.25) is 0 Å². The first-order chi connectivity index (χ1) is 10.3. The van der Waals surface area contributed by atoms with Gasteiger partial charge in [0.05, 0.1) is 13.7 Å². The smallest absolute Gasteiger partial charge is 0.240 e. The van der Waals surface area contributed by atoms with Crippen molar-refractivity contribution < 1.29 is 14.0 Å². The molecule has 21 heavy (non-hydrogen) atoms. The van der Waals surface area contributed by atoms with Gasteiger partial charge in [-0.15, -0.1) is 0 Å². The summed E-state index contributed by atoms with van der Waals surface area (Å²) in [4.78, 5) is 4.20. The molecule has 1 aliphatic heterocycles. The van der Waals surface area contributed by atoms with E-state index in [9.17, 15) is 0 Å². The fraction of sp³-hybridized carbons (Fsp3) is 0.429. The maximum atomic E-state index is 5.98. The van der Waals surface area contributed by atoms with Gasteiger partial charge in [-0.05, 0) is 30.4 Å². The molecule has 2 N–H and O–H groups in total. The third-order valence-electron chi connectivity index (χ3n) is 3.25. The standard InChI is InChI=1S/C14H17N3O3S/c1-18-12-6-9(14-16-13(7-15)20-17-14)2-3-11(12)19-10-4-5-21-8-10/h2-3,6,10H,4-5,7-8,15H2,1H3. The number of nitrogens with zero attached hydrogens (tertiary/aromatic N) is 2. The topological polar surface area (TPSA) is 83.4 Å². The average molecular weight is 307 g/mol. The summed E-state index contributed by atoms with van der Waals surface area (Å²) < 4.78 is 16.4. The maximum Gasteiger partial charge on any atom is 0.240 e. The van der Waals surface area contributed by atoms with Crippen LogP contribution in [0.4, 0.5) is 0 Å². The number of benzene rings is 1. The maximum absolute atomic E-state index is 5.98. The van der Waals surface area contributed by atoms with Crippen molar-refractivity contribution in [2.45, 2.75) is 19.1 Å². The molecule has 0 bridgehead atoms. The first-order valence-corrected chi connectivity index (χ1v) is 7.91. The van der Waals surface area contributed by atoms with Crippen LogP contribution in [0.3, 0.4) is 0 Å². The molecule has 1 aliphatic rings. The van der Waals surface area contributed by atoms with Gasteiger partial charge < -0.3 is 19.7 Å². The molecule has 6 nitrogen and oxygen atoms in total. The second kappa shape index (κ2) is 6.36. The SMILES string of the molecule is COc1cc(-c2noc(CN)n2)ccc1OC1CCSC1. The van der Waals surface area contributed by atoms with Gasteiger partial charge in [-0.1, -0.05) is 5.16 Å². The monoisotopic (exact) mass is 307 g/mol. The van der Waals surface area contributed by atoms with Gasteiger partial charge in [-0.2, -0.15) is 16.7 Å². The summed E-state index contributed by atoms with van der Waals surface area (Å²) in [5, 5.41) is 3.90. The van der Waals surface area contributed by atoms with Crippen LogP contribution in [0.25, 0.3) is 11.4 Å². The van der Waals surface area contributed by atoms with Gasteiger partial charge in [0.1, 0.15) is 6.10 Å². The Labute approximate surface area is 127 Å². The van der Waals surface area contributed by atoms with Crippen LogP contribution in [0, 0.1) is 0 Å². The molecule has 3 rings (SSSR count). The van der Waals surface area contributed by atoms with Gasteiger partial charge in [-0.25, -0.2) is 0 Å². The number of thioether (sulfide) groups is 1. The molecule has 0 amide bonds. The van der Waals surface area contributed by atoms with E-state index in [1.165, 1.54) is 0 Å². The van der Waals surface area contributed by atoms with E-state index in [0.29, 0.717) is 17.5 Å². The molecule has 0 radical (unpaired) electrons. The lowest BCUT2D eigenvalue weighted by Crippen LogP contribution is -2.15. The molecule has 0 saturated carbocycles. The minimum atomic E-state index is 0.227. The number of ether oxygens (including phenoxy) is 2. The minimum absolute atomic E-state index is 0.227. The number of aromatic nitrogens is 2. The third kappa shape index (κ3) is 3.14. The molecule has 0 spiro atoms. The molecule has 1 atom stereocenters. The van der Waals surface area contributed by atoms with E-state index >= 15 is 0 Å². The Morgan fingerprint density at radius 2 is 2.33 bits per heavy atom. The highest BCUT2D eigenvalue weighted by Gasteiger charge is 2.19. The molecule has 1 aromatic heterocycles. The van der Waals surface area contributed by atoms with Gasteiger partial charge in [0.25, 0.3) is 0 Å².